The van der Waals surface area contributed by atoms with Crippen LogP contribution in [-0.4, -0.2) is 30.0 Å². The van der Waals surface area contributed by atoms with Crippen molar-refractivity contribution >= 4 is 17.5 Å². The third-order valence-corrected chi connectivity index (χ3v) is 6.03. The summed E-state index contributed by atoms with van der Waals surface area (Å²) in [6.45, 7) is 2.38. The normalized spacial score (nSPS) is 20.7. The molecule has 0 spiro atoms. The van der Waals surface area contributed by atoms with E-state index in [1.807, 2.05) is 31.2 Å². The van der Waals surface area contributed by atoms with Crippen molar-refractivity contribution in [2.75, 3.05) is 18.0 Å². The summed E-state index contributed by atoms with van der Waals surface area (Å²) in [5.74, 6) is -0.706. The van der Waals surface area contributed by atoms with Gasteiger partial charge in [-0.2, -0.15) is 0 Å². The van der Waals surface area contributed by atoms with Crippen molar-refractivity contribution in [3.8, 4) is 0 Å². The van der Waals surface area contributed by atoms with Gasteiger partial charge in [0, 0.05) is 12.1 Å². The molecular weight excluding hydrogens is 376 g/mol. The molecule has 2 aromatic rings. The molecule has 0 unspecified atom stereocenters. The van der Waals surface area contributed by atoms with E-state index in [-0.39, 0.29) is 12.5 Å². The van der Waals surface area contributed by atoms with Gasteiger partial charge in [0.15, 0.2) is 5.60 Å². The number of carbonyl (C=O) groups is 2. The van der Waals surface area contributed by atoms with Gasteiger partial charge in [-0.05, 0) is 50.7 Å². The van der Waals surface area contributed by atoms with E-state index >= 15 is 0 Å². The van der Waals surface area contributed by atoms with Gasteiger partial charge in [0.25, 0.3) is 5.91 Å². The molecule has 156 valence electrons. The average molecular weight is 405 g/mol. The smallest absolute Gasteiger partial charge is 0.268 e. The zero-order valence-corrected chi connectivity index (χ0v) is 17.4. The predicted molar refractivity (Wildman–Crippen MR) is 117 cm³/mol. The van der Waals surface area contributed by atoms with Gasteiger partial charge >= 0.3 is 0 Å². The van der Waals surface area contributed by atoms with Gasteiger partial charge in [-0.25, -0.2) is 0 Å². The summed E-state index contributed by atoms with van der Waals surface area (Å²) in [6, 6.07) is 14.5. The summed E-state index contributed by atoms with van der Waals surface area (Å²) in [5.41, 5.74) is 2.19. The fourth-order valence-corrected chi connectivity index (χ4v) is 4.43. The maximum absolute atomic E-state index is 13.3. The van der Waals surface area contributed by atoms with Crippen molar-refractivity contribution in [1.29, 1.82) is 0 Å². The molecule has 5 nitrogen and oxygen atoms in total. The molecule has 1 aliphatic carbocycles. The molecule has 2 aliphatic rings. The minimum absolute atomic E-state index is 0.108. The highest BCUT2D eigenvalue weighted by molar-refractivity contribution is 6.11. The quantitative estimate of drug-likeness (QED) is 0.723. The fraction of sp³-hybridized carbons (Fsp3) is 0.360. The molecule has 1 aliphatic heterocycles. The van der Waals surface area contributed by atoms with Crippen molar-refractivity contribution in [3.63, 3.8) is 0 Å². The molecule has 0 radical (unpaired) electrons. The first kappa shape index (κ1) is 20.4. The van der Waals surface area contributed by atoms with Gasteiger partial charge in [0.05, 0.1) is 5.69 Å². The van der Waals surface area contributed by atoms with Crippen LogP contribution < -0.4 is 10.2 Å². The van der Waals surface area contributed by atoms with E-state index in [0.717, 1.165) is 24.8 Å². The lowest BCUT2D eigenvalue weighted by atomic mass is 9.87. The first-order valence-corrected chi connectivity index (χ1v) is 10.7. The van der Waals surface area contributed by atoms with Crippen molar-refractivity contribution in [1.82, 2.24) is 5.32 Å². The molecule has 0 aromatic heterocycles. The standard InChI is InChI=1S/C25H28N2O3/c1-18-8-7-11-20(16-18)25(30)21-12-5-6-13-22(21)27(24(25)29)17-23(28)26-15-14-19-9-3-2-4-10-19/h5-9,11-13,16,30H,2-4,10,14-15,17H2,1H3,(H,26,28)/t25-/m0/s1. The van der Waals surface area contributed by atoms with Crippen molar-refractivity contribution in [2.24, 2.45) is 0 Å². The topological polar surface area (TPSA) is 69.6 Å². The minimum atomic E-state index is -1.78. The number of hydrogen-bond acceptors (Lipinski definition) is 3. The van der Waals surface area contributed by atoms with Crippen LogP contribution in [0.1, 0.15) is 48.8 Å². The Labute approximate surface area is 177 Å². The molecule has 1 atom stereocenters. The fourth-order valence-electron chi connectivity index (χ4n) is 4.43. The van der Waals surface area contributed by atoms with Gasteiger partial charge in [-0.3, -0.25) is 14.5 Å². The molecule has 0 bridgehead atoms. The van der Waals surface area contributed by atoms with E-state index in [2.05, 4.69) is 11.4 Å². The third kappa shape index (κ3) is 3.77. The first-order chi connectivity index (χ1) is 14.5. The van der Waals surface area contributed by atoms with Gasteiger partial charge in [-0.15, -0.1) is 0 Å². The number of allylic oxidation sites excluding steroid dienone is 1. The molecule has 30 heavy (non-hydrogen) atoms. The number of aliphatic hydroxyl groups is 1. The van der Waals surface area contributed by atoms with Crippen LogP contribution in [0.5, 0.6) is 0 Å². The van der Waals surface area contributed by atoms with E-state index in [9.17, 15) is 14.7 Å². The van der Waals surface area contributed by atoms with Crippen LogP contribution in [0.15, 0.2) is 60.2 Å². The molecule has 2 N–H and O–H groups in total. The van der Waals surface area contributed by atoms with Crippen LogP contribution in [-0.2, 0) is 15.2 Å². The molecule has 5 heteroatoms. The zero-order chi connectivity index (χ0) is 21.1. The van der Waals surface area contributed by atoms with E-state index in [1.54, 1.807) is 24.3 Å². The largest absolute Gasteiger partial charge is 0.372 e. The predicted octanol–water partition coefficient (Wildman–Crippen LogP) is 3.58. The van der Waals surface area contributed by atoms with Crippen LogP contribution >= 0.6 is 0 Å². The Morgan fingerprint density at radius 3 is 2.77 bits per heavy atom. The maximum Gasteiger partial charge on any atom is 0.268 e. The Bertz CT molecular complexity index is 997. The van der Waals surface area contributed by atoms with Gasteiger partial charge < -0.3 is 10.4 Å². The summed E-state index contributed by atoms with van der Waals surface area (Å²) >= 11 is 0. The zero-order valence-electron chi connectivity index (χ0n) is 17.4. The van der Waals surface area contributed by atoms with Crippen LogP contribution in [0, 0.1) is 6.92 Å². The number of aryl methyl sites for hydroxylation is 1. The number of fused-ring (bicyclic) bond motifs is 1. The molecule has 0 saturated carbocycles. The summed E-state index contributed by atoms with van der Waals surface area (Å²) in [4.78, 5) is 27.3. The Kier molecular flexibility index (Phi) is 5.73. The van der Waals surface area contributed by atoms with E-state index in [4.69, 9.17) is 0 Å². The molecule has 2 amide bonds. The summed E-state index contributed by atoms with van der Waals surface area (Å²) in [6.07, 6.45) is 7.82. The highest BCUT2D eigenvalue weighted by Crippen LogP contribution is 2.44. The summed E-state index contributed by atoms with van der Waals surface area (Å²) < 4.78 is 0. The van der Waals surface area contributed by atoms with E-state index in [1.165, 1.54) is 23.3 Å². The number of benzene rings is 2. The minimum Gasteiger partial charge on any atom is -0.372 e. The van der Waals surface area contributed by atoms with Crippen LogP contribution in [0.3, 0.4) is 0 Å². The highest BCUT2D eigenvalue weighted by atomic mass is 16.3. The van der Waals surface area contributed by atoms with Crippen molar-refractivity contribution < 1.29 is 14.7 Å². The van der Waals surface area contributed by atoms with Gasteiger partial charge in [-0.1, -0.05) is 59.7 Å². The van der Waals surface area contributed by atoms with Crippen LogP contribution in [0.25, 0.3) is 0 Å². The Balaban J connectivity index is 1.51. The van der Waals surface area contributed by atoms with Gasteiger partial charge in [0.2, 0.25) is 5.91 Å². The monoisotopic (exact) mass is 404 g/mol. The maximum atomic E-state index is 13.3. The van der Waals surface area contributed by atoms with Gasteiger partial charge in [0.1, 0.15) is 6.54 Å². The lowest BCUT2D eigenvalue weighted by molar-refractivity contribution is -0.133. The second kappa shape index (κ2) is 8.44. The van der Waals surface area contributed by atoms with E-state index in [0.29, 0.717) is 23.4 Å². The number of hydrogen-bond donors (Lipinski definition) is 2. The Morgan fingerprint density at radius 2 is 2.00 bits per heavy atom. The number of rotatable bonds is 6. The Morgan fingerprint density at radius 1 is 1.17 bits per heavy atom. The third-order valence-electron chi connectivity index (χ3n) is 6.03. The van der Waals surface area contributed by atoms with Crippen molar-refractivity contribution in [3.05, 3.63) is 76.9 Å². The number of nitrogens with zero attached hydrogens (tertiary/aromatic N) is 1. The first-order valence-electron chi connectivity index (χ1n) is 10.7. The second-order valence-corrected chi connectivity index (χ2v) is 8.20. The van der Waals surface area contributed by atoms with E-state index < -0.39 is 11.5 Å². The number of para-hydroxylation sites is 1. The molecular formula is C25H28N2O3. The molecule has 4 rings (SSSR count). The molecule has 0 fully saturated rings. The highest BCUT2D eigenvalue weighted by Gasteiger charge is 2.51. The lowest BCUT2D eigenvalue weighted by Gasteiger charge is -2.24. The molecule has 2 aromatic carbocycles. The molecule has 0 saturated heterocycles. The SMILES string of the molecule is Cc1cccc([C@@]2(O)C(=O)N(CC(=O)NCCC3=CCCCC3)c3ccccc32)c1. The summed E-state index contributed by atoms with van der Waals surface area (Å²) in [5, 5.41) is 14.4. The summed E-state index contributed by atoms with van der Waals surface area (Å²) in [7, 11) is 0. The lowest BCUT2D eigenvalue weighted by Crippen LogP contribution is -2.45. The van der Waals surface area contributed by atoms with Crippen molar-refractivity contribution in [2.45, 2.75) is 44.6 Å². The number of carbonyl (C=O) groups excluding carboxylic acids is 2. The average Bonchev–Trinajstić information content (AvgIpc) is 2.97. The van der Waals surface area contributed by atoms with Crippen LogP contribution in [0.2, 0.25) is 0 Å². The Hall–Kier alpha value is -2.92. The van der Waals surface area contributed by atoms with Crippen LogP contribution in [0.4, 0.5) is 5.69 Å². The number of amides is 2. The number of anilines is 1. The molecule has 1 heterocycles. The second-order valence-electron chi connectivity index (χ2n) is 8.20. The number of nitrogens with one attached hydrogen (secondary N) is 1.